The van der Waals surface area contributed by atoms with Gasteiger partial charge in [0.2, 0.25) is 0 Å². The molecule has 1 aromatic carbocycles. The van der Waals surface area contributed by atoms with Crippen molar-refractivity contribution >= 4 is 44.9 Å². The number of nitrogens with zero attached hydrogens (tertiary/aromatic N) is 1. The monoisotopic (exact) mass is 376 g/mol. The van der Waals surface area contributed by atoms with E-state index in [4.69, 9.17) is 21.4 Å². The summed E-state index contributed by atoms with van der Waals surface area (Å²) in [6, 6.07) is 7.58. The molecule has 0 saturated carbocycles. The molecule has 2 N–H and O–H groups in total. The van der Waals surface area contributed by atoms with Gasteiger partial charge in [-0.15, -0.1) is 11.3 Å². The molecule has 128 valence electrons. The number of hydrogen-bond acceptors (Lipinski definition) is 5. The van der Waals surface area contributed by atoms with Gasteiger partial charge in [-0.25, -0.2) is 0 Å². The molecule has 0 aliphatic carbocycles. The zero-order valence-electron chi connectivity index (χ0n) is 13.0. The summed E-state index contributed by atoms with van der Waals surface area (Å²) in [4.78, 5) is 27.6. The van der Waals surface area contributed by atoms with Crippen molar-refractivity contribution in [1.82, 2.24) is 10.3 Å². The first-order valence-electron chi connectivity index (χ1n) is 7.28. The molecule has 0 aliphatic rings. The number of carboxylic acids is 1. The number of hydrogen-bond donors (Lipinski definition) is 2. The molecule has 3 aromatic rings. The van der Waals surface area contributed by atoms with E-state index in [9.17, 15) is 9.59 Å². The second kappa shape index (κ2) is 7.08. The Hall–Kier alpha value is -2.64. The number of aliphatic carboxylic acids is 1. The SMILES string of the molecule is C[C@@H](NC(=O)c1cc2c(Oc3ccc(Cl)cc3)cncc2s1)C(=O)O. The second-order valence-electron chi connectivity index (χ2n) is 5.25. The van der Waals surface area contributed by atoms with Gasteiger partial charge in [0, 0.05) is 16.6 Å². The minimum absolute atomic E-state index is 0.386. The molecule has 1 atom stereocenters. The van der Waals surface area contributed by atoms with Gasteiger partial charge in [-0.2, -0.15) is 0 Å². The van der Waals surface area contributed by atoms with E-state index in [1.807, 2.05) is 0 Å². The lowest BCUT2D eigenvalue weighted by Crippen LogP contribution is -2.37. The van der Waals surface area contributed by atoms with Gasteiger partial charge < -0.3 is 15.2 Å². The van der Waals surface area contributed by atoms with Crippen LogP contribution >= 0.6 is 22.9 Å². The van der Waals surface area contributed by atoms with Crippen LogP contribution in [0.4, 0.5) is 0 Å². The van der Waals surface area contributed by atoms with E-state index in [1.54, 1.807) is 42.7 Å². The average molecular weight is 377 g/mol. The summed E-state index contributed by atoms with van der Waals surface area (Å²) in [6.45, 7) is 1.41. The van der Waals surface area contributed by atoms with Gasteiger partial charge in [-0.3, -0.25) is 14.6 Å². The molecule has 0 unspecified atom stereocenters. The average Bonchev–Trinajstić information content (AvgIpc) is 3.02. The molecule has 2 heterocycles. The van der Waals surface area contributed by atoms with E-state index in [1.165, 1.54) is 18.3 Å². The van der Waals surface area contributed by atoms with Crippen LogP contribution in [-0.2, 0) is 4.79 Å². The highest BCUT2D eigenvalue weighted by molar-refractivity contribution is 7.20. The zero-order chi connectivity index (χ0) is 18.0. The number of carboxylic acid groups (broad SMARTS) is 1. The molecule has 0 aliphatic heterocycles. The highest BCUT2D eigenvalue weighted by Gasteiger charge is 2.18. The number of nitrogens with one attached hydrogen (secondary N) is 1. The molecule has 0 bridgehead atoms. The third-order valence-electron chi connectivity index (χ3n) is 3.39. The number of carbonyl (C=O) groups excluding carboxylic acids is 1. The fourth-order valence-corrected chi connectivity index (χ4v) is 3.16. The van der Waals surface area contributed by atoms with Crippen LogP contribution in [0.25, 0.3) is 10.1 Å². The van der Waals surface area contributed by atoms with Crippen LogP contribution in [0.2, 0.25) is 5.02 Å². The van der Waals surface area contributed by atoms with Crippen molar-refractivity contribution in [3.05, 3.63) is 52.6 Å². The normalized spacial score (nSPS) is 11.9. The van der Waals surface area contributed by atoms with Crippen LogP contribution in [0.15, 0.2) is 42.7 Å². The highest BCUT2D eigenvalue weighted by Crippen LogP contribution is 2.34. The summed E-state index contributed by atoms with van der Waals surface area (Å²) in [5.74, 6) is -0.451. The van der Waals surface area contributed by atoms with Gasteiger partial charge in [0.15, 0.2) is 5.75 Å². The maximum Gasteiger partial charge on any atom is 0.325 e. The largest absolute Gasteiger partial charge is 0.480 e. The topological polar surface area (TPSA) is 88.5 Å². The van der Waals surface area contributed by atoms with Gasteiger partial charge in [0.1, 0.15) is 11.8 Å². The molecule has 1 amide bonds. The van der Waals surface area contributed by atoms with Gasteiger partial charge in [0.25, 0.3) is 5.91 Å². The van der Waals surface area contributed by atoms with Gasteiger partial charge in [-0.1, -0.05) is 11.6 Å². The van der Waals surface area contributed by atoms with Crippen molar-refractivity contribution in [2.24, 2.45) is 0 Å². The smallest absolute Gasteiger partial charge is 0.325 e. The Kier molecular flexibility index (Phi) is 4.87. The number of carbonyl (C=O) groups is 2. The van der Waals surface area contributed by atoms with Crippen LogP contribution in [0.1, 0.15) is 16.6 Å². The number of rotatable bonds is 5. The minimum atomic E-state index is -1.09. The molecule has 0 fully saturated rings. The lowest BCUT2D eigenvalue weighted by atomic mass is 10.2. The third-order valence-corrected chi connectivity index (χ3v) is 4.71. The van der Waals surface area contributed by atoms with E-state index < -0.39 is 17.9 Å². The van der Waals surface area contributed by atoms with Crippen LogP contribution in [0.5, 0.6) is 11.5 Å². The van der Waals surface area contributed by atoms with E-state index in [-0.39, 0.29) is 0 Å². The number of pyridine rings is 1. The van der Waals surface area contributed by atoms with E-state index in [0.717, 1.165) is 10.1 Å². The molecule has 8 heteroatoms. The first-order valence-corrected chi connectivity index (χ1v) is 8.48. The summed E-state index contributed by atoms with van der Waals surface area (Å²) < 4.78 is 6.58. The molecular weight excluding hydrogens is 364 g/mol. The summed E-state index contributed by atoms with van der Waals surface area (Å²) in [6.07, 6.45) is 3.19. The first-order chi connectivity index (χ1) is 11.9. The second-order valence-corrected chi connectivity index (χ2v) is 6.77. The number of aromatic nitrogens is 1. The van der Waals surface area contributed by atoms with Crippen molar-refractivity contribution in [2.45, 2.75) is 13.0 Å². The first kappa shape index (κ1) is 17.2. The van der Waals surface area contributed by atoms with Crippen molar-refractivity contribution in [2.75, 3.05) is 0 Å². The van der Waals surface area contributed by atoms with Crippen molar-refractivity contribution in [3.8, 4) is 11.5 Å². The summed E-state index contributed by atoms with van der Waals surface area (Å²) >= 11 is 7.08. The van der Waals surface area contributed by atoms with Crippen molar-refractivity contribution in [3.63, 3.8) is 0 Å². The fraction of sp³-hybridized carbons (Fsp3) is 0.118. The fourth-order valence-electron chi connectivity index (χ4n) is 2.09. The number of benzene rings is 1. The van der Waals surface area contributed by atoms with Gasteiger partial charge in [0.05, 0.1) is 15.8 Å². The third kappa shape index (κ3) is 3.89. The van der Waals surface area contributed by atoms with Crippen LogP contribution < -0.4 is 10.1 Å². The molecule has 3 rings (SSSR count). The van der Waals surface area contributed by atoms with Crippen molar-refractivity contribution < 1.29 is 19.4 Å². The molecule has 0 saturated heterocycles. The molecule has 2 aromatic heterocycles. The van der Waals surface area contributed by atoms with Crippen LogP contribution in [-0.4, -0.2) is 28.0 Å². The van der Waals surface area contributed by atoms with Crippen LogP contribution in [0.3, 0.4) is 0 Å². The summed E-state index contributed by atoms with van der Waals surface area (Å²) in [5, 5.41) is 12.7. The Labute approximate surface area is 152 Å². The number of halogens is 1. The van der Waals surface area contributed by atoms with Crippen molar-refractivity contribution in [1.29, 1.82) is 0 Å². The van der Waals surface area contributed by atoms with Gasteiger partial charge in [-0.05, 0) is 37.3 Å². The zero-order valence-corrected chi connectivity index (χ0v) is 14.6. The number of fused-ring (bicyclic) bond motifs is 1. The molecule has 25 heavy (non-hydrogen) atoms. The summed E-state index contributed by atoms with van der Waals surface area (Å²) in [5.41, 5.74) is 0. The maximum absolute atomic E-state index is 12.2. The highest BCUT2D eigenvalue weighted by atomic mass is 35.5. The maximum atomic E-state index is 12.2. The predicted molar refractivity (Wildman–Crippen MR) is 95.7 cm³/mol. The summed E-state index contributed by atoms with van der Waals surface area (Å²) in [7, 11) is 0. The Morgan fingerprint density at radius 2 is 2.00 bits per heavy atom. The quantitative estimate of drug-likeness (QED) is 0.704. The number of amides is 1. The number of ether oxygens (including phenoxy) is 1. The number of thiophene rings is 1. The van der Waals surface area contributed by atoms with Crippen LogP contribution in [0, 0.1) is 0 Å². The van der Waals surface area contributed by atoms with E-state index >= 15 is 0 Å². The molecule has 0 spiro atoms. The molecular formula is C17H13ClN2O4S. The van der Waals surface area contributed by atoms with E-state index in [2.05, 4.69) is 10.3 Å². The minimum Gasteiger partial charge on any atom is -0.480 e. The Bertz CT molecular complexity index is 939. The predicted octanol–water partition coefficient (Wildman–Crippen LogP) is 3.94. The van der Waals surface area contributed by atoms with E-state index in [0.29, 0.717) is 21.4 Å². The Morgan fingerprint density at radius 3 is 2.68 bits per heavy atom. The Morgan fingerprint density at radius 1 is 1.28 bits per heavy atom. The standard InChI is InChI=1S/C17H13ClN2O4S/c1-9(17(22)23)20-16(21)14-6-12-13(7-19-8-15(12)25-14)24-11-4-2-10(18)3-5-11/h2-9H,1H3,(H,20,21)(H,22,23)/t9-/m1/s1. The lowest BCUT2D eigenvalue weighted by Gasteiger charge is -2.07. The Balaban J connectivity index is 1.88. The molecule has 6 nitrogen and oxygen atoms in total. The van der Waals surface area contributed by atoms with Gasteiger partial charge >= 0.3 is 5.97 Å². The molecule has 0 radical (unpaired) electrons. The lowest BCUT2D eigenvalue weighted by molar-refractivity contribution is -0.138.